The van der Waals surface area contributed by atoms with Gasteiger partial charge in [-0.05, 0) is 18.2 Å². The fourth-order valence-electron chi connectivity index (χ4n) is 0.785. The summed E-state index contributed by atoms with van der Waals surface area (Å²) in [7, 11) is 0. The molecule has 1 aromatic carbocycles. The summed E-state index contributed by atoms with van der Waals surface area (Å²) in [6, 6.07) is 4.67. The number of alkyl halides is 3. The number of benzene rings is 1. The van der Waals surface area contributed by atoms with Gasteiger partial charge in [-0.25, -0.2) is 0 Å². The maximum absolute atomic E-state index is 12.0. The Balaban J connectivity index is 0.00000144. The summed E-state index contributed by atoms with van der Waals surface area (Å²) in [6.45, 7) is 0. The van der Waals surface area contributed by atoms with E-state index in [4.69, 9.17) is 5.84 Å². The van der Waals surface area contributed by atoms with E-state index in [2.05, 4.69) is 5.43 Å². The lowest BCUT2D eigenvalue weighted by Gasteiger charge is -2.07. The quantitative estimate of drug-likeness (QED) is 0.554. The van der Waals surface area contributed by atoms with E-state index < -0.39 is 11.7 Å². The van der Waals surface area contributed by atoms with Crippen molar-refractivity contribution in [3.05, 3.63) is 29.8 Å². The molecule has 0 fully saturated rings. The van der Waals surface area contributed by atoms with Gasteiger partial charge in [-0.1, -0.05) is 6.07 Å². The van der Waals surface area contributed by atoms with Crippen LogP contribution in [0.4, 0.5) is 18.9 Å². The first kappa shape index (κ1) is 12.1. The number of hydrogen-bond acceptors (Lipinski definition) is 2. The van der Waals surface area contributed by atoms with Crippen LogP contribution in [0.1, 0.15) is 5.56 Å². The molecule has 0 heterocycles. The number of hydrogen-bond donors (Lipinski definition) is 2. The van der Waals surface area contributed by atoms with Gasteiger partial charge in [0.15, 0.2) is 0 Å². The molecule has 0 amide bonds. The lowest BCUT2D eigenvalue weighted by Crippen LogP contribution is -2.09. The largest absolute Gasteiger partial charge is 0.416 e. The number of hydrazine groups is 1. The van der Waals surface area contributed by atoms with Crippen LogP contribution in [0.3, 0.4) is 0 Å². The smallest absolute Gasteiger partial charge is 0.324 e. The fourth-order valence-corrected chi connectivity index (χ4v) is 0.785. The first-order valence-electron chi connectivity index (χ1n) is 3.18. The SMILES string of the molecule is Cl.NNc1cccc(C(F)(F)F)c1. The van der Waals surface area contributed by atoms with Crippen molar-refractivity contribution < 1.29 is 13.2 Å². The average molecular weight is 213 g/mol. The third kappa shape index (κ3) is 3.12. The van der Waals surface area contributed by atoms with Crippen LogP contribution in [0, 0.1) is 0 Å². The van der Waals surface area contributed by atoms with Crippen molar-refractivity contribution >= 4 is 18.1 Å². The van der Waals surface area contributed by atoms with E-state index in [1.165, 1.54) is 12.1 Å². The van der Waals surface area contributed by atoms with Gasteiger partial charge in [0.1, 0.15) is 0 Å². The van der Waals surface area contributed by atoms with Gasteiger partial charge >= 0.3 is 6.18 Å². The van der Waals surface area contributed by atoms with Crippen LogP contribution in [0.15, 0.2) is 24.3 Å². The molecule has 1 aromatic rings. The molecule has 0 aliphatic heterocycles. The highest BCUT2D eigenvalue weighted by Crippen LogP contribution is 2.30. The normalized spacial score (nSPS) is 10.5. The van der Waals surface area contributed by atoms with Gasteiger partial charge in [0.2, 0.25) is 0 Å². The molecular weight excluding hydrogens is 205 g/mol. The van der Waals surface area contributed by atoms with Gasteiger partial charge in [-0.2, -0.15) is 13.2 Å². The summed E-state index contributed by atoms with van der Waals surface area (Å²) in [5, 5.41) is 0. The van der Waals surface area contributed by atoms with Crippen LogP contribution in [0.25, 0.3) is 0 Å². The number of rotatable bonds is 1. The predicted molar refractivity (Wildman–Crippen MR) is 46.5 cm³/mol. The topological polar surface area (TPSA) is 38.0 Å². The van der Waals surface area contributed by atoms with Gasteiger partial charge in [-0.15, -0.1) is 12.4 Å². The average Bonchev–Trinajstić information content (AvgIpc) is 2.03. The van der Waals surface area contributed by atoms with Crippen LogP contribution in [-0.4, -0.2) is 0 Å². The molecule has 0 unspecified atom stereocenters. The van der Waals surface area contributed by atoms with Crippen molar-refractivity contribution in [1.82, 2.24) is 0 Å². The Morgan fingerprint density at radius 1 is 1.23 bits per heavy atom. The first-order chi connectivity index (χ1) is 5.54. The van der Waals surface area contributed by atoms with Gasteiger partial charge < -0.3 is 5.43 Å². The molecule has 0 bridgehead atoms. The Morgan fingerprint density at radius 3 is 2.31 bits per heavy atom. The van der Waals surface area contributed by atoms with Crippen LogP contribution in [-0.2, 0) is 6.18 Å². The second kappa shape index (κ2) is 4.34. The maximum atomic E-state index is 12.0. The molecule has 0 saturated heterocycles. The summed E-state index contributed by atoms with van der Waals surface area (Å²) in [4.78, 5) is 0. The van der Waals surface area contributed by atoms with E-state index in [1.54, 1.807) is 0 Å². The molecule has 2 nitrogen and oxygen atoms in total. The van der Waals surface area contributed by atoms with Gasteiger partial charge in [-0.3, -0.25) is 5.84 Å². The van der Waals surface area contributed by atoms with Crippen LogP contribution in [0.5, 0.6) is 0 Å². The highest BCUT2D eigenvalue weighted by molar-refractivity contribution is 5.85. The zero-order valence-corrected chi connectivity index (χ0v) is 7.25. The number of nitrogen functional groups attached to an aromatic ring is 1. The van der Waals surface area contributed by atoms with E-state index in [-0.39, 0.29) is 18.1 Å². The molecule has 0 atom stereocenters. The number of nitrogens with two attached hydrogens (primary N) is 1. The molecule has 0 saturated carbocycles. The molecule has 6 heteroatoms. The monoisotopic (exact) mass is 212 g/mol. The third-order valence-corrected chi connectivity index (χ3v) is 1.36. The Morgan fingerprint density at radius 2 is 1.85 bits per heavy atom. The van der Waals surface area contributed by atoms with E-state index >= 15 is 0 Å². The standard InChI is InChI=1S/C7H7F3N2.ClH/c8-7(9,10)5-2-1-3-6(4-5)12-11;/h1-4,12H,11H2;1H. The van der Waals surface area contributed by atoms with Gasteiger partial charge in [0.25, 0.3) is 0 Å². The van der Waals surface area contributed by atoms with Crippen molar-refractivity contribution in [2.75, 3.05) is 5.43 Å². The van der Waals surface area contributed by atoms with Crippen molar-refractivity contribution in [2.24, 2.45) is 5.84 Å². The zero-order valence-electron chi connectivity index (χ0n) is 6.43. The number of anilines is 1. The van der Waals surface area contributed by atoms with E-state index in [0.29, 0.717) is 0 Å². The zero-order chi connectivity index (χ0) is 9.19. The van der Waals surface area contributed by atoms with Crippen LogP contribution < -0.4 is 11.3 Å². The molecule has 74 valence electrons. The minimum absolute atomic E-state index is 0. The minimum Gasteiger partial charge on any atom is -0.324 e. The summed E-state index contributed by atoms with van der Waals surface area (Å²) >= 11 is 0. The summed E-state index contributed by atoms with van der Waals surface area (Å²) in [5.41, 5.74) is 1.67. The highest BCUT2D eigenvalue weighted by atomic mass is 35.5. The molecule has 3 N–H and O–H groups in total. The van der Waals surface area contributed by atoms with Gasteiger partial charge in [0, 0.05) is 5.69 Å². The Bertz CT molecular complexity index is 275. The molecular formula is C7H8ClF3N2. The summed E-state index contributed by atoms with van der Waals surface area (Å²) in [5.74, 6) is 4.94. The Kier molecular flexibility index (Phi) is 4.03. The summed E-state index contributed by atoms with van der Waals surface area (Å²) < 4.78 is 36.1. The van der Waals surface area contributed by atoms with Crippen LogP contribution >= 0.6 is 12.4 Å². The van der Waals surface area contributed by atoms with Crippen molar-refractivity contribution in [3.63, 3.8) is 0 Å². The lowest BCUT2D eigenvalue weighted by molar-refractivity contribution is -0.137. The molecule has 0 aromatic heterocycles. The molecule has 0 spiro atoms. The Hall–Kier alpha value is -0.940. The molecule has 0 aliphatic carbocycles. The second-order valence-corrected chi connectivity index (χ2v) is 2.22. The lowest BCUT2D eigenvalue weighted by atomic mass is 10.2. The van der Waals surface area contributed by atoms with E-state index in [0.717, 1.165) is 12.1 Å². The number of halogens is 4. The Labute approximate surface area is 79.3 Å². The van der Waals surface area contributed by atoms with Crippen LogP contribution in [0.2, 0.25) is 0 Å². The van der Waals surface area contributed by atoms with Gasteiger partial charge in [0.05, 0.1) is 5.56 Å². The molecule has 1 rings (SSSR count). The van der Waals surface area contributed by atoms with E-state index in [1.807, 2.05) is 0 Å². The number of nitrogens with one attached hydrogen (secondary N) is 1. The summed E-state index contributed by atoms with van der Waals surface area (Å²) in [6.07, 6.45) is -4.31. The van der Waals surface area contributed by atoms with Crippen molar-refractivity contribution in [3.8, 4) is 0 Å². The van der Waals surface area contributed by atoms with Crippen molar-refractivity contribution in [2.45, 2.75) is 6.18 Å². The fraction of sp³-hybridized carbons (Fsp3) is 0.143. The second-order valence-electron chi connectivity index (χ2n) is 2.22. The minimum atomic E-state index is -4.31. The first-order valence-corrected chi connectivity index (χ1v) is 3.18. The molecule has 13 heavy (non-hydrogen) atoms. The highest BCUT2D eigenvalue weighted by Gasteiger charge is 2.30. The van der Waals surface area contributed by atoms with Crippen molar-refractivity contribution in [1.29, 1.82) is 0 Å². The molecule has 0 radical (unpaired) electrons. The van der Waals surface area contributed by atoms with E-state index in [9.17, 15) is 13.2 Å². The molecule has 0 aliphatic rings. The third-order valence-electron chi connectivity index (χ3n) is 1.36. The predicted octanol–water partition coefficient (Wildman–Crippen LogP) is 2.41. The maximum Gasteiger partial charge on any atom is 0.416 e.